The molecule has 0 spiro atoms. The number of furan rings is 1. The van der Waals surface area contributed by atoms with Crippen molar-refractivity contribution in [2.24, 2.45) is 0 Å². The summed E-state index contributed by atoms with van der Waals surface area (Å²) in [5.74, 6) is 0.473. The Labute approximate surface area is 160 Å². The minimum Gasteiger partial charge on any atom is -0.486 e. The second kappa shape index (κ2) is 7.79. The van der Waals surface area contributed by atoms with Crippen LogP contribution in [0.3, 0.4) is 0 Å². The van der Waals surface area contributed by atoms with Gasteiger partial charge in [-0.25, -0.2) is 4.39 Å². The van der Waals surface area contributed by atoms with E-state index in [0.29, 0.717) is 17.2 Å². The molecule has 1 amide bonds. The first kappa shape index (κ1) is 17.5. The van der Waals surface area contributed by atoms with E-state index in [2.05, 4.69) is 15.5 Å². The number of nitrogens with zero attached hydrogens (tertiary/aromatic N) is 1. The molecule has 4 aromatic rings. The lowest BCUT2D eigenvalue weighted by Crippen LogP contribution is -2.10. The maximum atomic E-state index is 12.9. The molecular weight excluding hydrogens is 361 g/mol. The van der Waals surface area contributed by atoms with Crippen molar-refractivity contribution in [2.45, 2.75) is 6.61 Å². The van der Waals surface area contributed by atoms with E-state index in [1.165, 1.54) is 24.3 Å². The fourth-order valence-corrected chi connectivity index (χ4v) is 2.64. The van der Waals surface area contributed by atoms with Gasteiger partial charge in [-0.15, -0.1) is 0 Å². The molecule has 0 fully saturated rings. The minimum atomic E-state index is -0.366. The number of anilines is 1. The van der Waals surface area contributed by atoms with E-state index in [-0.39, 0.29) is 24.1 Å². The van der Waals surface area contributed by atoms with Crippen molar-refractivity contribution in [1.29, 1.82) is 0 Å². The molecule has 140 valence electrons. The predicted octanol–water partition coefficient (Wildman–Crippen LogP) is 4.64. The van der Waals surface area contributed by atoms with Crippen LogP contribution < -0.4 is 10.1 Å². The molecule has 4 rings (SSSR count). The van der Waals surface area contributed by atoms with E-state index < -0.39 is 0 Å². The average molecular weight is 377 g/mol. The number of hydrogen-bond donors (Lipinski definition) is 2. The van der Waals surface area contributed by atoms with Crippen LogP contribution >= 0.6 is 0 Å². The summed E-state index contributed by atoms with van der Waals surface area (Å²) >= 11 is 0. The molecule has 2 aromatic heterocycles. The molecule has 2 heterocycles. The Morgan fingerprint density at radius 3 is 2.75 bits per heavy atom. The summed E-state index contributed by atoms with van der Waals surface area (Å²) < 4.78 is 24.0. The Kier molecular flexibility index (Phi) is 4.88. The van der Waals surface area contributed by atoms with Crippen LogP contribution in [0.15, 0.2) is 77.3 Å². The smallest absolute Gasteiger partial charge is 0.291 e. The lowest BCUT2D eigenvalue weighted by molar-refractivity contribution is 0.0992. The highest BCUT2D eigenvalue weighted by Crippen LogP contribution is 2.21. The Bertz CT molecular complexity index is 1070. The normalized spacial score (nSPS) is 10.6. The molecule has 2 N–H and O–H groups in total. The fraction of sp³-hybridized carbons (Fsp3) is 0.0476. The van der Waals surface area contributed by atoms with Crippen molar-refractivity contribution in [1.82, 2.24) is 10.2 Å². The van der Waals surface area contributed by atoms with Crippen LogP contribution in [-0.4, -0.2) is 16.1 Å². The van der Waals surface area contributed by atoms with Gasteiger partial charge in [0.2, 0.25) is 0 Å². The third-order valence-corrected chi connectivity index (χ3v) is 4.01. The fourth-order valence-electron chi connectivity index (χ4n) is 2.64. The molecule has 6 nitrogen and oxygen atoms in total. The second-order valence-corrected chi connectivity index (χ2v) is 6.01. The van der Waals surface area contributed by atoms with Gasteiger partial charge in [-0.2, -0.15) is 5.10 Å². The third-order valence-electron chi connectivity index (χ3n) is 4.01. The van der Waals surface area contributed by atoms with Gasteiger partial charge in [0.1, 0.15) is 23.9 Å². The van der Waals surface area contributed by atoms with Gasteiger partial charge in [0.15, 0.2) is 5.76 Å². The summed E-state index contributed by atoms with van der Waals surface area (Å²) in [5, 5.41) is 9.61. The first-order chi connectivity index (χ1) is 13.7. The highest BCUT2D eigenvalue weighted by atomic mass is 19.1. The van der Waals surface area contributed by atoms with Crippen LogP contribution in [0, 0.1) is 5.82 Å². The van der Waals surface area contributed by atoms with Crippen LogP contribution in [0.5, 0.6) is 5.75 Å². The molecule has 0 unspecified atom stereocenters. The zero-order valence-corrected chi connectivity index (χ0v) is 14.7. The molecular formula is C21H16FN3O3. The van der Waals surface area contributed by atoms with Gasteiger partial charge in [-0.1, -0.05) is 12.1 Å². The van der Waals surface area contributed by atoms with Gasteiger partial charge < -0.3 is 14.5 Å². The second-order valence-electron chi connectivity index (χ2n) is 6.01. The molecule has 0 atom stereocenters. The Morgan fingerprint density at radius 1 is 1.11 bits per heavy atom. The number of halogens is 1. The van der Waals surface area contributed by atoms with Crippen molar-refractivity contribution >= 4 is 11.6 Å². The lowest BCUT2D eigenvalue weighted by Gasteiger charge is -2.06. The molecule has 0 aliphatic carbocycles. The number of nitrogens with one attached hydrogen (secondary N) is 2. The molecule has 0 aliphatic rings. The van der Waals surface area contributed by atoms with E-state index in [9.17, 15) is 9.18 Å². The maximum Gasteiger partial charge on any atom is 0.291 e. The molecule has 0 radical (unpaired) electrons. The Morgan fingerprint density at radius 2 is 1.96 bits per heavy atom. The number of benzene rings is 2. The standard InChI is InChI=1S/C21H16FN3O3/c22-15-4-6-17(7-5-15)27-13-18-8-9-20(28-18)21(26)24-16-3-1-2-14(12-16)19-10-11-23-25-19/h1-12H,13H2,(H,23,25)(H,24,26). The number of rotatable bonds is 6. The summed E-state index contributed by atoms with van der Waals surface area (Å²) in [6, 6.07) is 18.2. The lowest BCUT2D eigenvalue weighted by atomic mass is 10.1. The molecule has 0 saturated carbocycles. The Hall–Kier alpha value is -3.87. The monoisotopic (exact) mass is 377 g/mol. The van der Waals surface area contributed by atoms with Gasteiger partial charge in [-0.05, 0) is 54.6 Å². The van der Waals surface area contributed by atoms with Gasteiger partial charge in [0.05, 0.1) is 5.69 Å². The number of H-pyrrole nitrogens is 1. The van der Waals surface area contributed by atoms with Crippen LogP contribution in [0.2, 0.25) is 0 Å². The van der Waals surface area contributed by atoms with Crippen molar-refractivity contribution in [2.75, 3.05) is 5.32 Å². The summed E-state index contributed by atoms with van der Waals surface area (Å²) in [7, 11) is 0. The zero-order valence-electron chi connectivity index (χ0n) is 14.7. The summed E-state index contributed by atoms with van der Waals surface area (Å²) in [5.41, 5.74) is 2.40. The van der Waals surface area contributed by atoms with Crippen LogP contribution in [-0.2, 0) is 6.61 Å². The van der Waals surface area contributed by atoms with E-state index in [4.69, 9.17) is 9.15 Å². The van der Waals surface area contributed by atoms with Gasteiger partial charge in [0.25, 0.3) is 5.91 Å². The molecule has 7 heteroatoms. The van der Waals surface area contributed by atoms with E-state index >= 15 is 0 Å². The Balaban J connectivity index is 1.39. The SMILES string of the molecule is O=C(Nc1cccc(-c2ccn[nH]2)c1)c1ccc(COc2ccc(F)cc2)o1. The van der Waals surface area contributed by atoms with Crippen molar-refractivity contribution in [3.8, 4) is 17.0 Å². The number of carbonyl (C=O) groups excluding carboxylic acids is 1. The minimum absolute atomic E-state index is 0.133. The number of carbonyl (C=O) groups is 1. The summed E-state index contributed by atoms with van der Waals surface area (Å²) in [6.45, 7) is 0.133. The quantitative estimate of drug-likeness (QED) is 0.513. The highest BCUT2D eigenvalue weighted by molar-refractivity contribution is 6.02. The number of amides is 1. The number of aromatic amines is 1. The first-order valence-electron chi connectivity index (χ1n) is 8.55. The zero-order chi connectivity index (χ0) is 19.3. The van der Waals surface area contributed by atoms with Gasteiger partial charge in [0, 0.05) is 17.4 Å². The number of hydrogen-bond acceptors (Lipinski definition) is 4. The highest BCUT2D eigenvalue weighted by Gasteiger charge is 2.12. The van der Waals surface area contributed by atoms with Crippen LogP contribution in [0.25, 0.3) is 11.3 Å². The van der Waals surface area contributed by atoms with Crippen LogP contribution in [0.4, 0.5) is 10.1 Å². The molecule has 0 bridgehead atoms. The number of ether oxygens (including phenoxy) is 1. The topological polar surface area (TPSA) is 80.2 Å². The van der Waals surface area contributed by atoms with E-state index in [1.54, 1.807) is 24.4 Å². The van der Waals surface area contributed by atoms with Crippen LogP contribution in [0.1, 0.15) is 16.3 Å². The molecule has 0 saturated heterocycles. The van der Waals surface area contributed by atoms with E-state index in [1.807, 2.05) is 24.3 Å². The van der Waals surface area contributed by atoms with E-state index in [0.717, 1.165) is 11.3 Å². The van der Waals surface area contributed by atoms with Crippen molar-refractivity contribution < 1.29 is 18.3 Å². The largest absolute Gasteiger partial charge is 0.486 e. The first-order valence-corrected chi connectivity index (χ1v) is 8.55. The van der Waals surface area contributed by atoms with Gasteiger partial charge in [-0.3, -0.25) is 9.89 Å². The number of aromatic nitrogens is 2. The van der Waals surface area contributed by atoms with Gasteiger partial charge >= 0.3 is 0 Å². The molecule has 0 aliphatic heterocycles. The maximum absolute atomic E-state index is 12.9. The average Bonchev–Trinajstić information content (AvgIpc) is 3.40. The van der Waals surface area contributed by atoms with Crippen molar-refractivity contribution in [3.05, 3.63) is 90.3 Å². The summed E-state index contributed by atoms with van der Waals surface area (Å²) in [4.78, 5) is 12.4. The molecule has 28 heavy (non-hydrogen) atoms. The summed E-state index contributed by atoms with van der Waals surface area (Å²) in [6.07, 6.45) is 1.67. The third kappa shape index (κ3) is 4.09. The molecule has 2 aromatic carbocycles. The van der Waals surface area contributed by atoms with Crippen molar-refractivity contribution in [3.63, 3.8) is 0 Å². The predicted molar refractivity (Wildman–Crippen MR) is 101 cm³/mol.